The van der Waals surface area contributed by atoms with E-state index in [2.05, 4.69) is 5.32 Å². The molecule has 0 saturated carbocycles. The van der Waals surface area contributed by atoms with E-state index in [9.17, 15) is 8.42 Å². The van der Waals surface area contributed by atoms with E-state index in [0.717, 1.165) is 16.2 Å². The van der Waals surface area contributed by atoms with Gasteiger partial charge in [-0.2, -0.15) is 4.31 Å². The molecule has 1 unspecified atom stereocenters. The van der Waals surface area contributed by atoms with Gasteiger partial charge in [0, 0.05) is 29.4 Å². The summed E-state index contributed by atoms with van der Waals surface area (Å²) in [5, 5.41) is 3.04. The molecule has 1 atom stereocenters. The number of thiophene rings is 1. The summed E-state index contributed by atoms with van der Waals surface area (Å²) in [5.74, 6) is 0. The lowest BCUT2D eigenvalue weighted by Gasteiger charge is -2.22. The van der Waals surface area contributed by atoms with Crippen LogP contribution in [0.5, 0.6) is 0 Å². The van der Waals surface area contributed by atoms with E-state index >= 15 is 0 Å². The molecule has 1 aromatic rings. The van der Waals surface area contributed by atoms with Gasteiger partial charge in [0.25, 0.3) is 0 Å². The molecular weight excluding hydrogens is 268 g/mol. The molecule has 1 N–H and O–H groups in total. The van der Waals surface area contributed by atoms with Crippen molar-refractivity contribution in [1.29, 1.82) is 0 Å². The fourth-order valence-electron chi connectivity index (χ4n) is 1.69. The van der Waals surface area contributed by atoms with Gasteiger partial charge in [0.15, 0.2) is 0 Å². The highest BCUT2D eigenvalue weighted by Crippen LogP contribution is 2.28. The fraction of sp³-hybridized carbons (Fsp3) is 0.667. The highest BCUT2D eigenvalue weighted by molar-refractivity contribution is 7.89. The van der Waals surface area contributed by atoms with Gasteiger partial charge in [-0.05, 0) is 33.4 Å². The molecule has 0 bridgehead atoms. The van der Waals surface area contributed by atoms with Crippen molar-refractivity contribution in [2.75, 3.05) is 14.1 Å². The lowest BCUT2D eigenvalue weighted by molar-refractivity contribution is 0.380. The third kappa shape index (κ3) is 3.12. The van der Waals surface area contributed by atoms with Crippen LogP contribution in [0, 0.1) is 6.92 Å². The van der Waals surface area contributed by atoms with E-state index in [-0.39, 0.29) is 6.04 Å². The minimum absolute atomic E-state index is 0.0158. The maximum atomic E-state index is 12.5. The Kier molecular flexibility index (Phi) is 5.33. The fourth-order valence-corrected chi connectivity index (χ4v) is 4.74. The number of nitrogens with zero attached hydrogens (tertiary/aromatic N) is 1. The van der Waals surface area contributed by atoms with Gasteiger partial charge in [0.05, 0.1) is 4.90 Å². The second-order valence-electron chi connectivity index (χ2n) is 4.44. The van der Waals surface area contributed by atoms with Crippen molar-refractivity contribution in [3.05, 3.63) is 15.8 Å². The molecule has 0 aliphatic heterocycles. The zero-order chi connectivity index (χ0) is 13.9. The summed E-state index contributed by atoms with van der Waals surface area (Å²) in [4.78, 5) is 2.35. The summed E-state index contributed by atoms with van der Waals surface area (Å²) >= 11 is 1.53. The van der Waals surface area contributed by atoms with Crippen LogP contribution < -0.4 is 5.32 Å². The molecule has 0 aromatic carbocycles. The van der Waals surface area contributed by atoms with Gasteiger partial charge in [-0.1, -0.05) is 6.92 Å². The van der Waals surface area contributed by atoms with Crippen LogP contribution in [0.15, 0.2) is 11.0 Å². The number of nitrogens with one attached hydrogen (secondary N) is 1. The Morgan fingerprint density at radius 3 is 2.61 bits per heavy atom. The van der Waals surface area contributed by atoms with E-state index in [1.165, 1.54) is 15.6 Å². The first-order valence-electron chi connectivity index (χ1n) is 6.06. The molecule has 1 aromatic heterocycles. The predicted molar refractivity (Wildman–Crippen MR) is 76.5 cm³/mol. The molecule has 4 nitrogen and oxygen atoms in total. The van der Waals surface area contributed by atoms with Crippen molar-refractivity contribution >= 4 is 21.4 Å². The third-order valence-electron chi connectivity index (χ3n) is 3.14. The van der Waals surface area contributed by atoms with Crippen LogP contribution in [0.3, 0.4) is 0 Å². The molecule has 0 saturated heterocycles. The second-order valence-corrected chi connectivity index (χ2v) is 7.75. The molecule has 0 radical (unpaired) electrons. The number of hydrogen-bond acceptors (Lipinski definition) is 4. The van der Waals surface area contributed by atoms with Crippen LogP contribution in [-0.2, 0) is 16.6 Å². The monoisotopic (exact) mass is 290 g/mol. The molecule has 1 rings (SSSR count). The van der Waals surface area contributed by atoms with Gasteiger partial charge >= 0.3 is 0 Å². The minimum atomic E-state index is -3.36. The average molecular weight is 290 g/mol. The lowest BCUT2D eigenvalue weighted by Crippen LogP contribution is -2.34. The van der Waals surface area contributed by atoms with Gasteiger partial charge in [-0.15, -0.1) is 11.3 Å². The van der Waals surface area contributed by atoms with Crippen LogP contribution in [0.2, 0.25) is 0 Å². The lowest BCUT2D eigenvalue weighted by atomic mass is 10.3. The van der Waals surface area contributed by atoms with Crippen molar-refractivity contribution in [2.24, 2.45) is 0 Å². The summed E-state index contributed by atoms with van der Waals surface area (Å²) in [6, 6.07) is 1.80. The predicted octanol–water partition coefficient (Wildman–Crippen LogP) is 2.19. The first-order valence-corrected chi connectivity index (χ1v) is 8.32. The summed E-state index contributed by atoms with van der Waals surface area (Å²) in [6.45, 7) is 6.48. The molecule has 0 aliphatic carbocycles. The Hall–Kier alpha value is -0.430. The standard InChI is InChI=1S/C12H22N2O2S2/c1-6-9(2)14(5)18(15,16)12-7-11(8-13-4)17-10(12)3/h7,9,13H,6,8H2,1-5H3. The van der Waals surface area contributed by atoms with E-state index in [1.807, 2.05) is 27.8 Å². The van der Waals surface area contributed by atoms with Crippen molar-refractivity contribution in [1.82, 2.24) is 9.62 Å². The Bertz CT molecular complexity index is 494. The molecule has 104 valence electrons. The van der Waals surface area contributed by atoms with E-state index in [1.54, 1.807) is 13.1 Å². The Balaban J connectivity index is 3.12. The normalized spacial score (nSPS) is 14.1. The number of rotatable bonds is 6. The highest BCUT2D eigenvalue weighted by Gasteiger charge is 2.27. The molecule has 0 spiro atoms. The van der Waals surface area contributed by atoms with E-state index in [0.29, 0.717) is 11.4 Å². The summed E-state index contributed by atoms with van der Waals surface area (Å²) < 4.78 is 26.4. The number of hydrogen-bond donors (Lipinski definition) is 1. The largest absolute Gasteiger partial charge is 0.315 e. The van der Waals surface area contributed by atoms with Crippen LogP contribution in [-0.4, -0.2) is 32.9 Å². The van der Waals surface area contributed by atoms with Gasteiger partial charge < -0.3 is 5.32 Å². The van der Waals surface area contributed by atoms with Crippen molar-refractivity contribution in [2.45, 2.75) is 44.7 Å². The first-order chi connectivity index (χ1) is 8.34. The third-order valence-corrected chi connectivity index (χ3v) is 6.42. The average Bonchev–Trinajstić information content (AvgIpc) is 2.69. The zero-order valence-corrected chi connectivity index (χ0v) is 13.3. The molecule has 1 heterocycles. The van der Waals surface area contributed by atoms with Gasteiger partial charge in [0.2, 0.25) is 10.0 Å². The van der Waals surface area contributed by atoms with E-state index in [4.69, 9.17) is 0 Å². The molecule has 0 aliphatic rings. The highest BCUT2D eigenvalue weighted by atomic mass is 32.2. The van der Waals surface area contributed by atoms with Crippen LogP contribution >= 0.6 is 11.3 Å². The number of aryl methyl sites for hydroxylation is 1. The molecule has 6 heteroatoms. The summed E-state index contributed by atoms with van der Waals surface area (Å²) in [6.07, 6.45) is 0.808. The smallest absolute Gasteiger partial charge is 0.244 e. The van der Waals surface area contributed by atoms with Gasteiger partial charge in [-0.3, -0.25) is 0 Å². The van der Waals surface area contributed by atoms with Crippen LogP contribution in [0.25, 0.3) is 0 Å². The van der Waals surface area contributed by atoms with Crippen LogP contribution in [0.1, 0.15) is 30.0 Å². The topological polar surface area (TPSA) is 49.4 Å². The van der Waals surface area contributed by atoms with Crippen LogP contribution in [0.4, 0.5) is 0 Å². The van der Waals surface area contributed by atoms with Gasteiger partial charge in [0.1, 0.15) is 0 Å². The molecule has 0 amide bonds. The Labute approximate surface area is 114 Å². The Morgan fingerprint density at radius 2 is 2.11 bits per heavy atom. The summed E-state index contributed by atoms with van der Waals surface area (Å²) in [5.41, 5.74) is 0. The second kappa shape index (κ2) is 6.14. The summed E-state index contributed by atoms with van der Waals surface area (Å²) in [7, 11) is 0.144. The Morgan fingerprint density at radius 1 is 1.50 bits per heavy atom. The van der Waals surface area contributed by atoms with Crippen molar-refractivity contribution in [3.63, 3.8) is 0 Å². The molecular formula is C12H22N2O2S2. The maximum Gasteiger partial charge on any atom is 0.244 e. The maximum absolute atomic E-state index is 12.5. The van der Waals surface area contributed by atoms with Crippen molar-refractivity contribution in [3.8, 4) is 0 Å². The zero-order valence-electron chi connectivity index (χ0n) is 11.6. The van der Waals surface area contributed by atoms with Gasteiger partial charge in [-0.25, -0.2) is 8.42 Å². The number of sulfonamides is 1. The first kappa shape index (κ1) is 15.6. The van der Waals surface area contributed by atoms with Crippen molar-refractivity contribution < 1.29 is 8.42 Å². The minimum Gasteiger partial charge on any atom is -0.315 e. The quantitative estimate of drug-likeness (QED) is 0.874. The van der Waals surface area contributed by atoms with E-state index < -0.39 is 10.0 Å². The molecule has 0 fully saturated rings. The molecule has 18 heavy (non-hydrogen) atoms. The SMILES string of the molecule is CCC(C)N(C)S(=O)(=O)c1cc(CNC)sc1C.